The van der Waals surface area contributed by atoms with Crippen molar-refractivity contribution in [2.24, 2.45) is 0 Å². The van der Waals surface area contributed by atoms with E-state index < -0.39 is 0 Å². The molecule has 2 amide bonds. The van der Waals surface area contributed by atoms with E-state index in [1.807, 2.05) is 33.9 Å². The normalized spacial score (nSPS) is 17.2. The number of thiophene rings is 1. The van der Waals surface area contributed by atoms with Crippen molar-refractivity contribution in [3.8, 4) is 0 Å². The monoisotopic (exact) mass is 350 g/mol. The molecule has 1 aromatic heterocycles. The largest absolute Gasteiger partial charge is 0.347 e. The second kappa shape index (κ2) is 6.69. The van der Waals surface area contributed by atoms with Gasteiger partial charge in [-0.05, 0) is 27.8 Å². The summed E-state index contributed by atoms with van der Waals surface area (Å²) in [4.78, 5) is 26.4. The zero-order valence-corrected chi connectivity index (χ0v) is 14.5. The molecule has 1 N–H and O–H groups in total. The molecule has 1 atom stereocenters. The van der Waals surface area contributed by atoms with E-state index >= 15 is 0 Å². The number of rotatable bonds is 4. The second-order valence-corrected chi connectivity index (χ2v) is 7.08. The molecule has 0 saturated carbocycles. The Kier molecular flexibility index (Phi) is 4.24. The van der Waals surface area contributed by atoms with Crippen molar-refractivity contribution in [2.75, 3.05) is 6.54 Å². The minimum Gasteiger partial charge on any atom is -0.347 e. The maximum absolute atomic E-state index is 12.4. The quantitative estimate of drug-likeness (QED) is 0.784. The van der Waals surface area contributed by atoms with Gasteiger partial charge in [-0.25, -0.2) is 0 Å². The maximum Gasteiger partial charge on any atom is 0.252 e. The van der Waals surface area contributed by atoms with Gasteiger partial charge < -0.3 is 10.2 Å². The third-order valence-electron chi connectivity index (χ3n) is 4.57. The van der Waals surface area contributed by atoms with Crippen LogP contribution in [0, 0.1) is 0 Å². The minimum atomic E-state index is -0.130. The van der Waals surface area contributed by atoms with E-state index in [1.165, 1.54) is 22.1 Å². The molecular formula is C20H18N2O2S. The number of carbonyl (C=O) groups is 2. The van der Waals surface area contributed by atoms with Crippen LogP contribution >= 0.6 is 11.3 Å². The van der Waals surface area contributed by atoms with Gasteiger partial charge in [-0.1, -0.05) is 42.5 Å². The molecule has 5 heteroatoms. The lowest BCUT2D eigenvalue weighted by Crippen LogP contribution is -2.36. The molecule has 4 nitrogen and oxygen atoms in total. The van der Waals surface area contributed by atoms with Gasteiger partial charge >= 0.3 is 0 Å². The summed E-state index contributed by atoms with van der Waals surface area (Å²) in [7, 11) is 0. The molecule has 25 heavy (non-hydrogen) atoms. The first-order valence-electron chi connectivity index (χ1n) is 8.28. The van der Waals surface area contributed by atoms with Crippen molar-refractivity contribution in [2.45, 2.75) is 19.0 Å². The fourth-order valence-electron chi connectivity index (χ4n) is 3.32. The van der Waals surface area contributed by atoms with E-state index in [-0.39, 0.29) is 17.9 Å². The van der Waals surface area contributed by atoms with Gasteiger partial charge in [0.2, 0.25) is 5.91 Å². The predicted octanol–water partition coefficient (Wildman–Crippen LogP) is 3.43. The molecule has 0 radical (unpaired) electrons. The fraction of sp³-hybridized carbons (Fsp3) is 0.200. The Bertz CT molecular complexity index is 915. The highest BCUT2D eigenvalue weighted by molar-refractivity contribution is 7.08. The number of hydrogen-bond donors (Lipinski definition) is 1. The van der Waals surface area contributed by atoms with Gasteiger partial charge in [0.05, 0.1) is 6.04 Å². The average Bonchev–Trinajstić information content (AvgIpc) is 3.26. The number of nitrogens with one attached hydrogen (secondary N) is 1. The van der Waals surface area contributed by atoms with Crippen LogP contribution in [-0.4, -0.2) is 29.3 Å². The number of hydrogen-bond acceptors (Lipinski definition) is 3. The SMILES string of the molecule is O=C(N[C@H]1CC(=O)N(Cc2cccc3ccccc23)C1)c1ccsc1. The maximum atomic E-state index is 12.4. The van der Waals surface area contributed by atoms with Gasteiger partial charge in [0.15, 0.2) is 0 Å². The third kappa shape index (κ3) is 3.28. The second-order valence-electron chi connectivity index (χ2n) is 6.30. The first-order chi connectivity index (χ1) is 12.2. The smallest absolute Gasteiger partial charge is 0.252 e. The Morgan fingerprint density at radius 1 is 1.16 bits per heavy atom. The molecule has 1 fully saturated rings. The molecule has 1 aliphatic rings. The summed E-state index contributed by atoms with van der Waals surface area (Å²) in [5, 5.41) is 9.01. The molecule has 2 aromatic carbocycles. The molecule has 4 rings (SSSR count). The van der Waals surface area contributed by atoms with E-state index in [4.69, 9.17) is 0 Å². The number of fused-ring (bicyclic) bond motifs is 1. The lowest BCUT2D eigenvalue weighted by molar-refractivity contribution is -0.128. The summed E-state index contributed by atoms with van der Waals surface area (Å²) in [5.41, 5.74) is 1.79. The Hall–Kier alpha value is -2.66. The number of carbonyl (C=O) groups excluding carboxylic acids is 2. The highest BCUT2D eigenvalue weighted by Crippen LogP contribution is 2.22. The summed E-state index contributed by atoms with van der Waals surface area (Å²) in [6.45, 7) is 1.13. The van der Waals surface area contributed by atoms with Crippen LogP contribution in [0.2, 0.25) is 0 Å². The number of amides is 2. The molecule has 1 aliphatic heterocycles. The number of nitrogens with zero attached hydrogens (tertiary/aromatic N) is 1. The van der Waals surface area contributed by atoms with Crippen LogP contribution in [0.15, 0.2) is 59.3 Å². The summed E-state index contributed by atoms with van der Waals surface area (Å²) in [5.74, 6) is -0.0189. The molecule has 3 aromatic rings. The van der Waals surface area contributed by atoms with E-state index in [1.54, 1.807) is 6.07 Å². The molecular weight excluding hydrogens is 332 g/mol. The van der Waals surface area contributed by atoms with Crippen molar-refractivity contribution in [3.05, 3.63) is 70.4 Å². The van der Waals surface area contributed by atoms with Crippen LogP contribution in [0.25, 0.3) is 10.8 Å². The van der Waals surface area contributed by atoms with E-state index in [9.17, 15) is 9.59 Å². The topological polar surface area (TPSA) is 49.4 Å². The minimum absolute atomic E-state index is 0.0866. The Balaban J connectivity index is 1.46. The van der Waals surface area contributed by atoms with Crippen LogP contribution in [0.5, 0.6) is 0 Å². The van der Waals surface area contributed by atoms with Crippen molar-refractivity contribution in [1.29, 1.82) is 0 Å². The molecule has 0 aliphatic carbocycles. The standard InChI is InChI=1S/C20H18N2O2S/c23-19-10-17(21-20(24)16-8-9-25-13-16)12-22(19)11-15-6-3-5-14-4-1-2-7-18(14)15/h1-9,13,17H,10-12H2,(H,21,24)/t17-/m0/s1. The molecule has 0 unspecified atom stereocenters. The van der Waals surface area contributed by atoms with Crippen molar-refractivity contribution in [1.82, 2.24) is 10.2 Å². The fourth-order valence-corrected chi connectivity index (χ4v) is 3.96. The van der Waals surface area contributed by atoms with Gasteiger partial charge in [0, 0.05) is 30.5 Å². The summed E-state index contributed by atoms with van der Waals surface area (Å²) in [6.07, 6.45) is 0.362. The summed E-state index contributed by atoms with van der Waals surface area (Å²) < 4.78 is 0. The van der Waals surface area contributed by atoms with Gasteiger partial charge in [0.1, 0.15) is 0 Å². The van der Waals surface area contributed by atoms with Gasteiger partial charge in [0.25, 0.3) is 5.91 Å². The first kappa shape index (κ1) is 15.8. The molecule has 0 bridgehead atoms. The highest BCUT2D eigenvalue weighted by Gasteiger charge is 2.31. The molecule has 126 valence electrons. The van der Waals surface area contributed by atoms with Crippen LogP contribution in [-0.2, 0) is 11.3 Å². The molecule has 2 heterocycles. The Morgan fingerprint density at radius 3 is 2.84 bits per heavy atom. The number of likely N-dealkylation sites (tertiary alicyclic amines) is 1. The Labute approximate surface area is 150 Å². The average molecular weight is 350 g/mol. The number of benzene rings is 2. The van der Waals surface area contributed by atoms with Crippen LogP contribution in [0.4, 0.5) is 0 Å². The van der Waals surface area contributed by atoms with Gasteiger partial charge in [-0.2, -0.15) is 11.3 Å². The Morgan fingerprint density at radius 2 is 2.00 bits per heavy atom. The molecule has 0 spiro atoms. The van der Waals surface area contributed by atoms with Gasteiger partial charge in [-0.15, -0.1) is 0 Å². The van der Waals surface area contributed by atoms with Crippen molar-refractivity contribution >= 4 is 33.9 Å². The first-order valence-corrected chi connectivity index (χ1v) is 9.22. The summed E-state index contributed by atoms with van der Waals surface area (Å²) >= 11 is 1.49. The van der Waals surface area contributed by atoms with Crippen LogP contribution < -0.4 is 5.32 Å². The van der Waals surface area contributed by atoms with E-state index in [0.717, 1.165) is 5.56 Å². The van der Waals surface area contributed by atoms with E-state index in [0.29, 0.717) is 25.1 Å². The predicted molar refractivity (Wildman–Crippen MR) is 99.6 cm³/mol. The highest BCUT2D eigenvalue weighted by atomic mass is 32.1. The zero-order chi connectivity index (χ0) is 17.2. The van der Waals surface area contributed by atoms with Crippen LogP contribution in [0.3, 0.4) is 0 Å². The molecule has 1 saturated heterocycles. The van der Waals surface area contributed by atoms with E-state index in [2.05, 4.69) is 29.6 Å². The lowest BCUT2D eigenvalue weighted by Gasteiger charge is -2.18. The zero-order valence-electron chi connectivity index (χ0n) is 13.6. The van der Waals surface area contributed by atoms with Crippen molar-refractivity contribution < 1.29 is 9.59 Å². The summed E-state index contributed by atoms with van der Waals surface area (Å²) in [6, 6.07) is 16.0. The third-order valence-corrected chi connectivity index (χ3v) is 5.26. The van der Waals surface area contributed by atoms with Crippen molar-refractivity contribution in [3.63, 3.8) is 0 Å². The lowest BCUT2D eigenvalue weighted by atomic mass is 10.0. The van der Waals surface area contributed by atoms with Gasteiger partial charge in [-0.3, -0.25) is 9.59 Å². The van der Waals surface area contributed by atoms with Crippen LogP contribution in [0.1, 0.15) is 22.3 Å².